The standard InChI is InChI=1S/C18H24N4O2/c1-4-17-20-13(2)16(24-17)11-19-18(23)22-10-9-21(3)15-8-6-5-7-14(15)12-22/h5-8H,4,9-12H2,1-3H3,(H,19,23). The summed E-state index contributed by atoms with van der Waals surface area (Å²) in [5.41, 5.74) is 3.19. The van der Waals surface area contributed by atoms with Crippen molar-refractivity contribution in [2.45, 2.75) is 33.4 Å². The van der Waals surface area contributed by atoms with Crippen LogP contribution in [-0.4, -0.2) is 36.1 Å². The van der Waals surface area contributed by atoms with E-state index in [1.54, 1.807) is 0 Å². The Kier molecular flexibility index (Phi) is 4.74. The van der Waals surface area contributed by atoms with E-state index in [0.717, 1.165) is 30.0 Å². The Morgan fingerprint density at radius 3 is 2.88 bits per heavy atom. The molecule has 0 radical (unpaired) electrons. The fraction of sp³-hybridized carbons (Fsp3) is 0.444. The minimum absolute atomic E-state index is 0.0750. The molecule has 6 heteroatoms. The van der Waals surface area contributed by atoms with Crippen LogP contribution in [0.15, 0.2) is 28.7 Å². The molecule has 0 saturated carbocycles. The number of rotatable bonds is 3. The fourth-order valence-electron chi connectivity index (χ4n) is 2.94. The van der Waals surface area contributed by atoms with Crippen LogP contribution in [0.3, 0.4) is 0 Å². The maximum absolute atomic E-state index is 12.6. The largest absolute Gasteiger partial charge is 0.444 e. The smallest absolute Gasteiger partial charge is 0.318 e. The number of carbonyl (C=O) groups excluding carboxylic acids is 1. The molecule has 3 rings (SSSR count). The van der Waals surface area contributed by atoms with Crippen LogP contribution in [0.1, 0.15) is 29.8 Å². The van der Waals surface area contributed by atoms with Gasteiger partial charge in [-0.05, 0) is 18.6 Å². The van der Waals surface area contributed by atoms with Gasteiger partial charge in [-0.25, -0.2) is 9.78 Å². The van der Waals surface area contributed by atoms with Crippen LogP contribution in [0.4, 0.5) is 10.5 Å². The lowest BCUT2D eigenvalue weighted by Gasteiger charge is -2.21. The number of fused-ring (bicyclic) bond motifs is 1. The SMILES string of the molecule is CCc1nc(C)c(CNC(=O)N2CCN(C)c3ccccc3C2)o1. The molecule has 2 aromatic rings. The first-order chi connectivity index (χ1) is 11.6. The monoisotopic (exact) mass is 328 g/mol. The Bertz CT molecular complexity index is 726. The summed E-state index contributed by atoms with van der Waals surface area (Å²) < 4.78 is 5.65. The molecule has 0 fully saturated rings. The van der Waals surface area contributed by atoms with E-state index in [4.69, 9.17) is 4.42 Å². The van der Waals surface area contributed by atoms with E-state index in [1.165, 1.54) is 5.69 Å². The number of urea groups is 1. The van der Waals surface area contributed by atoms with Gasteiger partial charge in [0, 0.05) is 38.8 Å². The zero-order valence-electron chi connectivity index (χ0n) is 14.5. The van der Waals surface area contributed by atoms with Crippen LogP contribution in [-0.2, 0) is 19.5 Å². The normalized spacial score (nSPS) is 14.3. The van der Waals surface area contributed by atoms with Crippen molar-refractivity contribution in [2.24, 2.45) is 0 Å². The predicted molar refractivity (Wildman–Crippen MR) is 93.0 cm³/mol. The zero-order chi connectivity index (χ0) is 17.1. The molecular formula is C18H24N4O2. The Morgan fingerprint density at radius 1 is 1.33 bits per heavy atom. The van der Waals surface area contributed by atoms with E-state index >= 15 is 0 Å². The fourth-order valence-corrected chi connectivity index (χ4v) is 2.94. The molecule has 128 valence electrons. The lowest BCUT2D eigenvalue weighted by molar-refractivity contribution is 0.196. The third-order valence-electron chi connectivity index (χ3n) is 4.40. The van der Waals surface area contributed by atoms with Crippen LogP contribution < -0.4 is 10.2 Å². The molecule has 1 N–H and O–H groups in total. The van der Waals surface area contributed by atoms with Gasteiger partial charge in [0.2, 0.25) is 0 Å². The van der Waals surface area contributed by atoms with Crippen LogP contribution in [0.25, 0.3) is 0 Å². The number of aryl methyl sites for hydroxylation is 2. The molecule has 0 unspecified atom stereocenters. The van der Waals surface area contributed by atoms with Crippen molar-refractivity contribution in [1.29, 1.82) is 0 Å². The molecule has 2 amide bonds. The highest BCUT2D eigenvalue weighted by atomic mass is 16.4. The molecule has 1 aromatic carbocycles. The van der Waals surface area contributed by atoms with Crippen LogP contribution >= 0.6 is 0 Å². The first-order valence-corrected chi connectivity index (χ1v) is 8.35. The van der Waals surface area contributed by atoms with Gasteiger partial charge in [0.15, 0.2) is 5.89 Å². The number of nitrogens with zero attached hydrogens (tertiary/aromatic N) is 3. The van der Waals surface area contributed by atoms with Crippen LogP contribution in [0.2, 0.25) is 0 Å². The number of anilines is 1. The number of benzene rings is 1. The number of carbonyl (C=O) groups is 1. The van der Waals surface area contributed by atoms with Gasteiger partial charge in [0.25, 0.3) is 0 Å². The van der Waals surface area contributed by atoms with Crippen molar-refractivity contribution < 1.29 is 9.21 Å². The quantitative estimate of drug-likeness (QED) is 0.941. The van der Waals surface area contributed by atoms with Crippen molar-refractivity contribution in [1.82, 2.24) is 15.2 Å². The van der Waals surface area contributed by atoms with Gasteiger partial charge in [-0.3, -0.25) is 0 Å². The maximum Gasteiger partial charge on any atom is 0.318 e. The molecule has 0 bridgehead atoms. The Labute approximate surface area is 142 Å². The average molecular weight is 328 g/mol. The highest BCUT2D eigenvalue weighted by Gasteiger charge is 2.21. The van der Waals surface area contributed by atoms with Crippen molar-refractivity contribution in [3.63, 3.8) is 0 Å². The van der Waals surface area contributed by atoms with Crippen molar-refractivity contribution in [2.75, 3.05) is 25.0 Å². The number of oxazole rings is 1. The maximum atomic E-state index is 12.6. The Morgan fingerprint density at radius 2 is 2.12 bits per heavy atom. The second-order valence-electron chi connectivity index (χ2n) is 6.10. The number of amides is 2. The van der Waals surface area contributed by atoms with E-state index in [1.807, 2.05) is 30.9 Å². The highest BCUT2D eigenvalue weighted by molar-refractivity contribution is 5.75. The number of likely N-dealkylation sites (N-methyl/N-ethyl adjacent to an activating group) is 1. The second-order valence-corrected chi connectivity index (χ2v) is 6.10. The summed E-state index contributed by atoms with van der Waals surface area (Å²) in [6, 6.07) is 8.14. The molecule has 1 aliphatic heterocycles. The molecule has 24 heavy (non-hydrogen) atoms. The molecule has 1 aliphatic rings. The van der Waals surface area contributed by atoms with Gasteiger partial charge in [-0.1, -0.05) is 25.1 Å². The minimum atomic E-state index is -0.0750. The third-order valence-corrected chi connectivity index (χ3v) is 4.40. The van der Waals surface area contributed by atoms with E-state index in [2.05, 4.69) is 34.4 Å². The topological polar surface area (TPSA) is 61.6 Å². The van der Waals surface area contributed by atoms with Gasteiger partial charge in [-0.2, -0.15) is 0 Å². The van der Waals surface area contributed by atoms with E-state index < -0.39 is 0 Å². The second kappa shape index (κ2) is 6.95. The third kappa shape index (κ3) is 3.37. The first kappa shape index (κ1) is 16.4. The van der Waals surface area contributed by atoms with Gasteiger partial charge < -0.3 is 19.5 Å². The Hall–Kier alpha value is -2.50. The lowest BCUT2D eigenvalue weighted by atomic mass is 10.1. The predicted octanol–water partition coefficient (Wildman–Crippen LogP) is 2.71. The molecule has 2 heterocycles. The summed E-state index contributed by atoms with van der Waals surface area (Å²) in [4.78, 5) is 20.9. The van der Waals surface area contributed by atoms with E-state index in [9.17, 15) is 4.79 Å². The van der Waals surface area contributed by atoms with Crippen molar-refractivity contribution >= 4 is 11.7 Å². The van der Waals surface area contributed by atoms with E-state index in [0.29, 0.717) is 25.5 Å². The molecule has 0 saturated heterocycles. The summed E-state index contributed by atoms with van der Waals surface area (Å²) >= 11 is 0. The molecule has 0 aliphatic carbocycles. The average Bonchev–Trinajstić information content (AvgIpc) is 2.87. The zero-order valence-corrected chi connectivity index (χ0v) is 14.5. The van der Waals surface area contributed by atoms with E-state index in [-0.39, 0.29) is 6.03 Å². The summed E-state index contributed by atoms with van der Waals surface area (Å²) in [5, 5.41) is 2.96. The van der Waals surface area contributed by atoms with Gasteiger partial charge in [-0.15, -0.1) is 0 Å². The van der Waals surface area contributed by atoms with Gasteiger partial charge in [0.05, 0.1) is 12.2 Å². The van der Waals surface area contributed by atoms with Gasteiger partial charge in [0.1, 0.15) is 5.76 Å². The van der Waals surface area contributed by atoms with Crippen LogP contribution in [0, 0.1) is 6.92 Å². The van der Waals surface area contributed by atoms with Crippen molar-refractivity contribution in [3.05, 3.63) is 47.2 Å². The number of para-hydroxylation sites is 1. The first-order valence-electron chi connectivity index (χ1n) is 8.35. The molecule has 1 aromatic heterocycles. The summed E-state index contributed by atoms with van der Waals surface area (Å²) in [5.74, 6) is 1.44. The highest BCUT2D eigenvalue weighted by Crippen LogP contribution is 2.23. The van der Waals surface area contributed by atoms with Gasteiger partial charge >= 0.3 is 6.03 Å². The van der Waals surface area contributed by atoms with Crippen molar-refractivity contribution in [3.8, 4) is 0 Å². The summed E-state index contributed by atoms with van der Waals surface area (Å²) in [6.45, 7) is 6.38. The molecule has 0 spiro atoms. The lowest BCUT2D eigenvalue weighted by Crippen LogP contribution is -2.41. The Balaban J connectivity index is 1.66. The number of hydrogen-bond donors (Lipinski definition) is 1. The summed E-state index contributed by atoms with van der Waals surface area (Å²) in [6.07, 6.45) is 0.754. The number of hydrogen-bond acceptors (Lipinski definition) is 4. The molecular weight excluding hydrogens is 304 g/mol. The summed E-state index contributed by atoms with van der Waals surface area (Å²) in [7, 11) is 2.06. The van der Waals surface area contributed by atoms with Crippen LogP contribution in [0.5, 0.6) is 0 Å². The number of nitrogens with one attached hydrogen (secondary N) is 1. The molecule has 0 atom stereocenters. The number of aromatic nitrogens is 1. The molecule has 6 nitrogen and oxygen atoms in total. The minimum Gasteiger partial charge on any atom is -0.444 e.